The Kier molecular flexibility index (Phi) is 3.05. The molecule has 0 fully saturated rings. The third-order valence-corrected chi connectivity index (χ3v) is 3.78. The van der Waals surface area contributed by atoms with Gasteiger partial charge in [0.1, 0.15) is 6.04 Å². The lowest BCUT2D eigenvalue weighted by Gasteiger charge is -2.14. The highest BCUT2D eigenvalue weighted by Gasteiger charge is 2.17. The van der Waals surface area contributed by atoms with Crippen LogP contribution in [0.3, 0.4) is 0 Å². The zero-order valence-corrected chi connectivity index (χ0v) is 11.2. The van der Waals surface area contributed by atoms with E-state index in [1.807, 2.05) is 53.4 Å². The molecule has 1 atom stereocenters. The quantitative estimate of drug-likeness (QED) is 0.794. The van der Waals surface area contributed by atoms with E-state index in [4.69, 9.17) is 0 Å². The van der Waals surface area contributed by atoms with E-state index in [0.717, 1.165) is 10.9 Å². The van der Waals surface area contributed by atoms with Crippen molar-refractivity contribution in [3.8, 4) is 0 Å². The van der Waals surface area contributed by atoms with E-state index in [0.29, 0.717) is 5.13 Å². The Labute approximate surface area is 114 Å². The van der Waals surface area contributed by atoms with Gasteiger partial charge in [0, 0.05) is 23.3 Å². The Morgan fingerprint density at radius 3 is 3.00 bits per heavy atom. The SMILES string of the molecule is CC(C(=O)Nc1nccs1)n1ccc2ccccc21. The Balaban J connectivity index is 1.87. The molecule has 0 aliphatic rings. The van der Waals surface area contributed by atoms with Crippen molar-refractivity contribution in [2.45, 2.75) is 13.0 Å². The van der Waals surface area contributed by atoms with E-state index >= 15 is 0 Å². The maximum Gasteiger partial charge on any atom is 0.248 e. The lowest BCUT2D eigenvalue weighted by atomic mass is 10.2. The molecule has 1 unspecified atom stereocenters. The van der Waals surface area contributed by atoms with Gasteiger partial charge in [0.2, 0.25) is 5.91 Å². The molecule has 0 aliphatic carbocycles. The van der Waals surface area contributed by atoms with Crippen LogP contribution in [0.25, 0.3) is 10.9 Å². The van der Waals surface area contributed by atoms with Crippen LogP contribution in [0.1, 0.15) is 13.0 Å². The van der Waals surface area contributed by atoms with Crippen LogP contribution in [0.2, 0.25) is 0 Å². The van der Waals surface area contributed by atoms with E-state index in [9.17, 15) is 4.79 Å². The van der Waals surface area contributed by atoms with Gasteiger partial charge in [-0.2, -0.15) is 0 Å². The molecule has 3 rings (SSSR count). The van der Waals surface area contributed by atoms with Crippen molar-refractivity contribution in [1.82, 2.24) is 9.55 Å². The molecule has 0 spiro atoms. The number of hydrogen-bond donors (Lipinski definition) is 1. The first-order valence-corrected chi connectivity index (χ1v) is 6.89. The summed E-state index contributed by atoms with van der Waals surface area (Å²) >= 11 is 1.42. The van der Waals surface area contributed by atoms with Gasteiger partial charge in [-0.3, -0.25) is 4.79 Å². The second kappa shape index (κ2) is 4.85. The molecule has 2 heterocycles. The van der Waals surface area contributed by atoms with E-state index in [-0.39, 0.29) is 11.9 Å². The Morgan fingerprint density at radius 1 is 1.37 bits per heavy atom. The molecule has 0 radical (unpaired) electrons. The van der Waals surface area contributed by atoms with Crippen molar-refractivity contribution in [2.75, 3.05) is 5.32 Å². The van der Waals surface area contributed by atoms with Crippen LogP contribution >= 0.6 is 11.3 Å². The number of para-hydroxylation sites is 1. The Morgan fingerprint density at radius 2 is 2.21 bits per heavy atom. The molecule has 1 N–H and O–H groups in total. The van der Waals surface area contributed by atoms with Gasteiger partial charge in [0.25, 0.3) is 0 Å². The third kappa shape index (κ3) is 2.24. The summed E-state index contributed by atoms with van der Waals surface area (Å²) < 4.78 is 1.97. The average Bonchev–Trinajstić information content (AvgIpc) is 3.06. The fourth-order valence-corrected chi connectivity index (χ4v) is 2.60. The molecule has 0 aliphatic heterocycles. The summed E-state index contributed by atoms with van der Waals surface area (Å²) in [6.45, 7) is 1.88. The molecule has 1 aromatic carbocycles. The molecular formula is C14H13N3OS. The van der Waals surface area contributed by atoms with E-state index in [1.54, 1.807) is 6.20 Å². The molecule has 0 bridgehead atoms. The van der Waals surface area contributed by atoms with Crippen LogP contribution in [0.4, 0.5) is 5.13 Å². The number of benzene rings is 1. The first-order chi connectivity index (χ1) is 9.25. The summed E-state index contributed by atoms with van der Waals surface area (Å²) in [6, 6.07) is 9.77. The van der Waals surface area contributed by atoms with Gasteiger partial charge in [-0.05, 0) is 24.4 Å². The second-order valence-electron chi connectivity index (χ2n) is 4.28. The van der Waals surface area contributed by atoms with Crippen molar-refractivity contribution in [3.63, 3.8) is 0 Å². The molecule has 5 heteroatoms. The van der Waals surface area contributed by atoms with Gasteiger partial charge in [-0.15, -0.1) is 11.3 Å². The van der Waals surface area contributed by atoms with Gasteiger partial charge in [-0.1, -0.05) is 18.2 Å². The van der Waals surface area contributed by atoms with Crippen LogP contribution in [-0.4, -0.2) is 15.5 Å². The summed E-state index contributed by atoms with van der Waals surface area (Å²) in [5, 5.41) is 6.43. The highest BCUT2D eigenvalue weighted by atomic mass is 32.1. The number of thiazole rings is 1. The minimum Gasteiger partial charge on any atom is -0.335 e. The topological polar surface area (TPSA) is 46.9 Å². The number of rotatable bonds is 3. The minimum absolute atomic E-state index is 0.0590. The molecule has 3 aromatic rings. The minimum atomic E-state index is -0.274. The number of carbonyl (C=O) groups excluding carboxylic acids is 1. The number of aromatic nitrogens is 2. The summed E-state index contributed by atoms with van der Waals surface area (Å²) in [5.41, 5.74) is 1.06. The predicted molar refractivity (Wildman–Crippen MR) is 77.4 cm³/mol. The highest BCUT2D eigenvalue weighted by molar-refractivity contribution is 7.13. The molecule has 0 saturated carbocycles. The van der Waals surface area contributed by atoms with E-state index in [2.05, 4.69) is 10.3 Å². The highest BCUT2D eigenvalue weighted by Crippen LogP contribution is 2.21. The smallest absolute Gasteiger partial charge is 0.248 e. The van der Waals surface area contributed by atoms with Gasteiger partial charge >= 0.3 is 0 Å². The largest absolute Gasteiger partial charge is 0.335 e. The summed E-state index contributed by atoms with van der Waals surface area (Å²) in [6.07, 6.45) is 3.62. The van der Waals surface area contributed by atoms with Gasteiger partial charge in [0.15, 0.2) is 5.13 Å². The van der Waals surface area contributed by atoms with Crippen LogP contribution in [0, 0.1) is 0 Å². The standard InChI is InChI=1S/C14H13N3OS/c1-10(13(18)16-14-15-7-9-19-14)17-8-6-11-4-2-3-5-12(11)17/h2-10H,1H3,(H,15,16,18). The van der Waals surface area contributed by atoms with Crippen molar-refractivity contribution in [2.24, 2.45) is 0 Å². The zero-order valence-electron chi connectivity index (χ0n) is 10.4. The molecule has 4 nitrogen and oxygen atoms in total. The monoisotopic (exact) mass is 271 g/mol. The van der Waals surface area contributed by atoms with Crippen molar-refractivity contribution < 1.29 is 4.79 Å². The number of carbonyl (C=O) groups is 1. The number of nitrogens with zero attached hydrogens (tertiary/aromatic N) is 2. The fourth-order valence-electron chi connectivity index (χ4n) is 2.06. The second-order valence-corrected chi connectivity index (χ2v) is 5.18. The predicted octanol–water partition coefficient (Wildman–Crippen LogP) is 3.30. The van der Waals surface area contributed by atoms with Crippen molar-refractivity contribution in [1.29, 1.82) is 0 Å². The first-order valence-electron chi connectivity index (χ1n) is 6.01. The maximum absolute atomic E-state index is 12.2. The first kappa shape index (κ1) is 11.9. The molecule has 96 valence electrons. The number of fused-ring (bicyclic) bond motifs is 1. The van der Waals surface area contributed by atoms with Crippen LogP contribution in [0.15, 0.2) is 48.1 Å². The third-order valence-electron chi connectivity index (χ3n) is 3.09. The normalized spacial score (nSPS) is 12.5. The number of nitrogens with one attached hydrogen (secondary N) is 1. The number of amides is 1. The lowest BCUT2D eigenvalue weighted by Crippen LogP contribution is -2.23. The molecular weight excluding hydrogens is 258 g/mol. The molecule has 19 heavy (non-hydrogen) atoms. The van der Waals surface area contributed by atoms with Crippen LogP contribution < -0.4 is 5.32 Å². The Hall–Kier alpha value is -2.14. The van der Waals surface area contributed by atoms with Crippen LogP contribution in [0.5, 0.6) is 0 Å². The van der Waals surface area contributed by atoms with Gasteiger partial charge in [-0.25, -0.2) is 4.98 Å². The zero-order chi connectivity index (χ0) is 13.2. The molecule has 0 saturated heterocycles. The van der Waals surface area contributed by atoms with Crippen molar-refractivity contribution in [3.05, 3.63) is 48.1 Å². The van der Waals surface area contributed by atoms with E-state index in [1.165, 1.54) is 11.3 Å². The summed E-state index contributed by atoms with van der Waals surface area (Å²) in [5.74, 6) is -0.0590. The van der Waals surface area contributed by atoms with Gasteiger partial charge < -0.3 is 9.88 Å². The average molecular weight is 271 g/mol. The maximum atomic E-state index is 12.2. The van der Waals surface area contributed by atoms with E-state index < -0.39 is 0 Å². The summed E-state index contributed by atoms with van der Waals surface area (Å²) in [7, 11) is 0. The molecule has 1 amide bonds. The van der Waals surface area contributed by atoms with Crippen LogP contribution in [-0.2, 0) is 4.79 Å². The number of anilines is 1. The van der Waals surface area contributed by atoms with Crippen molar-refractivity contribution >= 4 is 33.3 Å². The van der Waals surface area contributed by atoms with Gasteiger partial charge in [0.05, 0.1) is 0 Å². The Bertz CT molecular complexity index is 702. The number of hydrogen-bond acceptors (Lipinski definition) is 3. The fraction of sp³-hybridized carbons (Fsp3) is 0.143. The summed E-state index contributed by atoms with van der Waals surface area (Å²) in [4.78, 5) is 16.2. The lowest BCUT2D eigenvalue weighted by molar-refractivity contribution is -0.118. The molecule has 2 aromatic heterocycles.